The highest BCUT2D eigenvalue weighted by atomic mass is 79.9. The van der Waals surface area contributed by atoms with Crippen molar-refractivity contribution in [2.75, 3.05) is 0 Å². The molecule has 0 amide bonds. The summed E-state index contributed by atoms with van der Waals surface area (Å²) in [5.74, 6) is 2.71. The number of alkyl halides is 1. The topological polar surface area (TPSA) is 0 Å². The number of hydrogen-bond acceptors (Lipinski definition) is 0. The highest BCUT2D eigenvalue weighted by molar-refractivity contribution is 9.09. The van der Waals surface area contributed by atoms with Gasteiger partial charge < -0.3 is 0 Å². The monoisotopic (exact) mass is 286 g/mol. The predicted molar refractivity (Wildman–Crippen MR) is 78.0 cm³/mol. The van der Waals surface area contributed by atoms with Crippen LogP contribution in [0.5, 0.6) is 0 Å². The van der Waals surface area contributed by atoms with E-state index in [2.05, 4.69) is 28.8 Å². The minimum absolute atomic E-state index is 0.293. The fourth-order valence-electron chi connectivity index (χ4n) is 1.89. The fourth-order valence-corrected chi connectivity index (χ4v) is 2.22. The summed E-state index contributed by atoms with van der Waals surface area (Å²) >= 11 is 3.46. The van der Waals surface area contributed by atoms with E-state index < -0.39 is 0 Å². The first-order valence-electron chi connectivity index (χ1n) is 6.91. The average molecular weight is 287 g/mol. The Bertz CT molecular complexity index is 169. The van der Waals surface area contributed by atoms with Crippen LogP contribution in [0.25, 0.3) is 0 Å². The molecule has 0 bridgehead atoms. The van der Waals surface area contributed by atoms with E-state index in [-0.39, 0.29) is 0 Å². The zero-order chi connectivity index (χ0) is 12.1. The molecule has 94 valence electrons. The molecule has 0 aromatic heterocycles. The first kappa shape index (κ1) is 16.0. The maximum Gasteiger partial charge on any atom is 0.0752 e. The Morgan fingerprint density at radius 2 is 1.31 bits per heavy atom. The van der Waals surface area contributed by atoms with Gasteiger partial charge in [-0.05, 0) is 6.42 Å². The summed E-state index contributed by atoms with van der Waals surface area (Å²) in [7, 11) is 0. The van der Waals surface area contributed by atoms with Crippen molar-refractivity contribution in [3.05, 3.63) is 0 Å². The van der Waals surface area contributed by atoms with Crippen LogP contribution in [-0.4, -0.2) is 4.83 Å². The van der Waals surface area contributed by atoms with Crippen LogP contribution in [0.2, 0.25) is 0 Å². The van der Waals surface area contributed by atoms with Crippen LogP contribution in [0.4, 0.5) is 0 Å². The second-order valence-electron chi connectivity index (χ2n) is 4.60. The standard InChI is InChI=1S/C15H27Br/c1-3-5-6-7-8-9-10-11-12-13-14-15(16)4-2/h2,15H,3,5-14H2,1H3. The van der Waals surface area contributed by atoms with Crippen molar-refractivity contribution in [3.63, 3.8) is 0 Å². The van der Waals surface area contributed by atoms with Crippen molar-refractivity contribution >= 4 is 15.9 Å². The normalized spacial score (nSPS) is 12.3. The van der Waals surface area contributed by atoms with E-state index in [1.54, 1.807) is 0 Å². The van der Waals surface area contributed by atoms with Crippen LogP contribution < -0.4 is 0 Å². The fraction of sp³-hybridized carbons (Fsp3) is 0.867. The van der Waals surface area contributed by atoms with E-state index in [4.69, 9.17) is 6.42 Å². The molecule has 0 aromatic carbocycles. The Hall–Kier alpha value is 0.0400. The third-order valence-electron chi connectivity index (χ3n) is 2.99. The molecule has 0 aromatic rings. The molecule has 16 heavy (non-hydrogen) atoms. The highest BCUT2D eigenvalue weighted by Gasteiger charge is 1.98. The van der Waals surface area contributed by atoms with Crippen LogP contribution in [0.1, 0.15) is 77.6 Å². The zero-order valence-electron chi connectivity index (χ0n) is 10.8. The van der Waals surface area contributed by atoms with E-state index in [0.29, 0.717) is 4.83 Å². The van der Waals surface area contributed by atoms with E-state index in [1.165, 1.54) is 64.2 Å². The largest absolute Gasteiger partial charge is 0.119 e. The van der Waals surface area contributed by atoms with Crippen molar-refractivity contribution in [1.29, 1.82) is 0 Å². The van der Waals surface area contributed by atoms with Gasteiger partial charge in [-0.3, -0.25) is 0 Å². The van der Waals surface area contributed by atoms with E-state index in [9.17, 15) is 0 Å². The lowest BCUT2D eigenvalue weighted by atomic mass is 10.1. The van der Waals surface area contributed by atoms with Gasteiger partial charge >= 0.3 is 0 Å². The molecule has 0 rings (SSSR count). The summed E-state index contributed by atoms with van der Waals surface area (Å²) < 4.78 is 0. The van der Waals surface area contributed by atoms with Gasteiger partial charge in [0, 0.05) is 0 Å². The smallest absolute Gasteiger partial charge is 0.0752 e. The minimum atomic E-state index is 0.293. The zero-order valence-corrected chi connectivity index (χ0v) is 12.4. The summed E-state index contributed by atoms with van der Waals surface area (Å²) in [6.45, 7) is 2.27. The third kappa shape index (κ3) is 12.1. The van der Waals surface area contributed by atoms with Crippen LogP contribution >= 0.6 is 15.9 Å². The molecule has 0 saturated carbocycles. The van der Waals surface area contributed by atoms with Crippen LogP contribution in [-0.2, 0) is 0 Å². The Balaban J connectivity index is 2.96. The molecule has 0 nitrogen and oxygen atoms in total. The van der Waals surface area contributed by atoms with Gasteiger partial charge in [-0.15, -0.1) is 6.42 Å². The second-order valence-corrected chi connectivity index (χ2v) is 5.71. The summed E-state index contributed by atoms with van der Waals surface area (Å²) in [5.41, 5.74) is 0. The minimum Gasteiger partial charge on any atom is -0.119 e. The second kappa shape index (κ2) is 13.1. The van der Waals surface area contributed by atoms with E-state index >= 15 is 0 Å². The van der Waals surface area contributed by atoms with E-state index in [1.807, 2.05) is 0 Å². The molecule has 1 atom stereocenters. The first-order chi connectivity index (χ1) is 7.81. The lowest BCUT2D eigenvalue weighted by molar-refractivity contribution is 0.552. The number of halogens is 1. The van der Waals surface area contributed by atoms with Crippen molar-refractivity contribution in [2.45, 2.75) is 82.4 Å². The molecular formula is C15H27Br. The van der Waals surface area contributed by atoms with Crippen molar-refractivity contribution < 1.29 is 0 Å². The number of hydrogen-bond donors (Lipinski definition) is 0. The third-order valence-corrected chi connectivity index (χ3v) is 3.71. The Labute approximate surface area is 111 Å². The van der Waals surface area contributed by atoms with Gasteiger partial charge in [-0.1, -0.05) is 93.0 Å². The molecule has 1 heteroatoms. The van der Waals surface area contributed by atoms with Crippen LogP contribution in [0, 0.1) is 12.3 Å². The molecule has 0 spiro atoms. The van der Waals surface area contributed by atoms with Gasteiger partial charge in [-0.2, -0.15) is 0 Å². The van der Waals surface area contributed by atoms with Gasteiger partial charge in [0.15, 0.2) is 0 Å². The summed E-state index contributed by atoms with van der Waals surface area (Å²) in [6, 6.07) is 0. The summed E-state index contributed by atoms with van der Waals surface area (Å²) in [4.78, 5) is 0.293. The molecule has 0 aliphatic heterocycles. The molecule has 0 aliphatic rings. The quantitative estimate of drug-likeness (QED) is 0.260. The van der Waals surface area contributed by atoms with Gasteiger partial charge in [0.05, 0.1) is 4.83 Å². The molecular weight excluding hydrogens is 260 g/mol. The highest BCUT2D eigenvalue weighted by Crippen LogP contribution is 2.13. The van der Waals surface area contributed by atoms with Gasteiger partial charge in [0.1, 0.15) is 0 Å². The number of unbranched alkanes of at least 4 members (excludes halogenated alkanes) is 9. The van der Waals surface area contributed by atoms with Gasteiger partial charge in [-0.25, -0.2) is 0 Å². The predicted octanol–water partition coefficient (Wildman–Crippen LogP) is 5.69. The van der Waals surface area contributed by atoms with Crippen LogP contribution in [0.3, 0.4) is 0 Å². The lowest BCUT2D eigenvalue weighted by Gasteiger charge is -2.03. The molecule has 0 saturated heterocycles. The summed E-state index contributed by atoms with van der Waals surface area (Å²) in [5, 5.41) is 0. The van der Waals surface area contributed by atoms with Crippen molar-refractivity contribution in [2.24, 2.45) is 0 Å². The average Bonchev–Trinajstić information content (AvgIpc) is 2.31. The Kier molecular flexibility index (Phi) is 13.1. The lowest BCUT2D eigenvalue weighted by Crippen LogP contribution is -1.92. The van der Waals surface area contributed by atoms with Crippen LogP contribution in [0.15, 0.2) is 0 Å². The van der Waals surface area contributed by atoms with E-state index in [0.717, 1.165) is 6.42 Å². The van der Waals surface area contributed by atoms with Gasteiger partial charge in [0.2, 0.25) is 0 Å². The number of terminal acetylenes is 1. The molecule has 0 fully saturated rings. The first-order valence-corrected chi connectivity index (χ1v) is 7.83. The molecule has 0 N–H and O–H groups in total. The Morgan fingerprint density at radius 1 is 0.875 bits per heavy atom. The maximum absolute atomic E-state index is 5.30. The van der Waals surface area contributed by atoms with Crippen molar-refractivity contribution in [1.82, 2.24) is 0 Å². The molecule has 0 heterocycles. The molecule has 1 unspecified atom stereocenters. The maximum atomic E-state index is 5.30. The SMILES string of the molecule is C#CC(Br)CCCCCCCCCCCC. The molecule has 0 aliphatic carbocycles. The summed E-state index contributed by atoms with van der Waals surface area (Å²) in [6.07, 6.45) is 20.3. The Morgan fingerprint density at radius 3 is 1.75 bits per heavy atom. The number of rotatable bonds is 11. The van der Waals surface area contributed by atoms with Crippen molar-refractivity contribution in [3.8, 4) is 12.3 Å². The molecule has 0 radical (unpaired) electrons. The van der Waals surface area contributed by atoms with Gasteiger partial charge in [0.25, 0.3) is 0 Å².